The number of piperidine rings is 1. The van der Waals surface area contributed by atoms with Gasteiger partial charge in [0.2, 0.25) is 5.91 Å². The number of aromatic nitrogens is 2. The van der Waals surface area contributed by atoms with E-state index < -0.39 is 12.5 Å². The lowest BCUT2D eigenvalue weighted by Gasteiger charge is -2.33. The molecule has 0 aliphatic carbocycles. The zero-order chi connectivity index (χ0) is 27.4. The second-order valence-corrected chi connectivity index (χ2v) is 9.67. The Balaban J connectivity index is 1.64. The number of likely N-dealkylation sites (tertiary alicyclic amines) is 1. The Hall–Kier alpha value is -3.37. The molecule has 3 aromatic rings. The van der Waals surface area contributed by atoms with Crippen molar-refractivity contribution >= 4 is 22.6 Å². The van der Waals surface area contributed by atoms with Crippen LogP contribution in [0.25, 0.3) is 10.9 Å². The third-order valence-corrected chi connectivity index (χ3v) is 7.08. The van der Waals surface area contributed by atoms with Gasteiger partial charge in [-0.05, 0) is 55.9 Å². The number of fused-ring (bicyclic) bond motifs is 1. The molecule has 10 heteroatoms. The number of aryl methyl sites for hydroxylation is 1. The molecule has 1 aliphatic rings. The lowest BCUT2D eigenvalue weighted by atomic mass is 9.88. The number of carbonyl (C=O) groups excluding carboxylic acids is 1. The van der Waals surface area contributed by atoms with Gasteiger partial charge in [-0.3, -0.25) is 4.79 Å². The van der Waals surface area contributed by atoms with Crippen LogP contribution in [0.5, 0.6) is 5.75 Å². The van der Waals surface area contributed by atoms with E-state index in [1.54, 1.807) is 26.2 Å². The Labute approximate surface area is 221 Å². The highest BCUT2D eigenvalue weighted by atomic mass is 19.3. The molecule has 8 nitrogen and oxygen atoms in total. The van der Waals surface area contributed by atoms with E-state index >= 15 is 0 Å². The molecule has 38 heavy (non-hydrogen) atoms. The summed E-state index contributed by atoms with van der Waals surface area (Å²) >= 11 is 0. The van der Waals surface area contributed by atoms with Crippen molar-refractivity contribution in [3.8, 4) is 5.75 Å². The minimum absolute atomic E-state index is 0.0124. The van der Waals surface area contributed by atoms with Crippen LogP contribution >= 0.6 is 0 Å². The zero-order valence-corrected chi connectivity index (χ0v) is 22.1. The van der Waals surface area contributed by atoms with E-state index in [9.17, 15) is 13.6 Å². The number of hydrogen-bond acceptors (Lipinski definition) is 7. The number of amides is 1. The maximum atomic E-state index is 14.1. The topological polar surface area (TPSA) is 96.8 Å². The fourth-order valence-electron chi connectivity index (χ4n) is 4.97. The average Bonchev–Trinajstić information content (AvgIpc) is 2.92. The molecule has 1 fully saturated rings. The molecule has 1 amide bonds. The lowest BCUT2D eigenvalue weighted by molar-refractivity contribution is -0.136. The molecule has 0 spiro atoms. The van der Waals surface area contributed by atoms with Crippen molar-refractivity contribution in [1.82, 2.24) is 14.9 Å². The second kappa shape index (κ2) is 11.6. The molecule has 2 aromatic carbocycles. The Kier molecular flexibility index (Phi) is 8.42. The van der Waals surface area contributed by atoms with Gasteiger partial charge in [0, 0.05) is 43.3 Å². The van der Waals surface area contributed by atoms with Gasteiger partial charge in [0.05, 0.1) is 12.6 Å². The molecule has 0 unspecified atom stereocenters. The summed E-state index contributed by atoms with van der Waals surface area (Å²) in [7, 11) is 3.15. The Morgan fingerprint density at radius 3 is 2.61 bits per heavy atom. The van der Waals surface area contributed by atoms with Crippen LogP contribution in [0.1, 0.15) is 54.2 Å². The van der Waals surface area contributed by atoms with Gasteiger partial charge in [-0.15, -0.1) is 0 Å². The van der Waals surface area contributed by atoms with E-state index in [0.717, 1.165) is 29.5 Å². The normalized spacial score (nSPS) is 15.5. The van der Waals surface area contributed by atoms with Crippen LogP contribution in [0.3, 0.4) is 0 Å². The highest BCUT2D eigenvalue weighted by molar-refractivity contribution is 5.91. The number of anilines is 1. The molecule has 0 bridgehead atoms. The van der Waals surface area contributed by atoms with Gasteiger partial charge in [0.25, 0.3) is 5.92 Å². The summed E-state index contributed by atoms with van der Waals surface area (Å²) in [6, 6.07) is 9.62. The smallest absolute Gasteiger partial charge is 0.295 e. The largest absolute Gasteiger partial charge is 0.496 e. The van der Waals surface area contributed by atoms with E-state index in [4.69, 9.17) is 14.6 Å². The van der Waals surface area contributed by atoms with Crippen LogP contribution in [0.15, 0.2) is 36.4 Å². The van der Waals surface area contributed by atoms with Crippen molar-refractivity contribution in [1.29, 1.82) is 0 Å². The van der Waals surface area contributed by atoms with E-state index in [2.05, 4.69) is 15.3 Å². The summed E-state index contributed by atoms with van der Waals surface area (Å²) in [5.41, 5.74) is 2.13. The number of benzene rings is 2. The summed E-state index contributed by atoms with van der Waals surface area (Å²) in [5, 5.41) is 13.3. The van der Waals surface area contributed by atoms with Crippen LogP contribution in [0.4, 0.5) is 14.6 Å². The summed E-state index contributed by atoms with van der Waals surface area (Å²) in [4.78, 5) is 23.3. The molecule has 2 heterocycles. The van der Waals surface area contributed by atoms with Gasteiger partial charge in [-0.2, -0.15) is 8.78 Å². The van der Waals surface area contributed by atoms with Crippen molar-refractivity contribution in [2.45, 2.75) is 44.6 Å². The molecule has 0 radical (unpaired) electrons. The number of methoxy groups -OCH3 is 2. The Bertz CT molecular complexity index is 1300. The predicted molar refractivity (Wildman–Crippen MR) is 141 cm³/mol. The molecule has 1 aliphatic heterocycles. The number of aliphatic hydroxyl groups is 1. The number of carbonyl (C=O) groups is 1. The van der Waals surface area contributed by atoms with Gasteiger partial charge in [-0.1, -0.05) is 18.2 Å². The number of hydrogen-bond donors (Lipinski definition) is 2. The van der Waals surface area contributed by atoms with Crippen LogP contribution in [0, 0.1) is 6.92 Å². The van der Waals surface area contributed by atoms with Crippen molar-refractivity contribution in [2.24, 2.45) is 0 Å². The number of ether oxygens (including phenoxy) is 2. The number of aliphatic hydroxyl groups excluding tert-OH is 1. The number of nitrogens with zero attached hydrogens (tertiary/aromatic N) is 3. The first-order valence-electron chi connectivity index (χ1n) is 12.7. The highest BCUT2D eigenvalue weighted by Gasteiger charge is 2.31. The van der Waals surface area contributed by atoms with E-state index in [1.807, 2.05) is 24.0 Å². The van der Waals surface area contributed by atoms with Crippen molar-refractivity contribution in [2.75, 3.05) is 45.8 Å². The van der Waals surface area contributed by atoms with E-state index in [-0.39, 0.29) is 30.0 Å². The average molecular weight is 529 g/mol. The maximum absolute atomic E-state index is 14.1. The first-order valence-corrected chi connectivity index (χ1v) is 12.7. The highest BCUT2D eigenvalue weighted by Crippen LogP contribution is 2.39. The zero-order valence-electron chi connectivity index (χ0n) is 22.1. The van der Waals surface area contributed by atoms with Crippen molar-refractivity contribution in [3.63, 3.8) is 0 Å². The minimum Gasteiger partial charge on any atom is -0.496 e. The van der Waals surface area contributed by atoms with Gasteiger partial charge in [0.15, 0.2) is 0 Å². The third kappa shape index (κ3) is 5.86. The van der Waals surface area contributed by atoms with E-state index in [0.29, 0.717) is 35.8 Å². The summed E-state index contributed by atoms with van der Waals surface area (Å²) in [5.74, 6) is -1.26. The second-order valence-electron chi connectivity index (χ2n) is 9.67. The summed E-state index contributed by atoms with van der Waals surface area (Å²) < 4.78 is 38.9. The number of nitrogens with one attached hydrogen (secondary N) is 1. The first kappa shape index (κ1) is 27.7. The van der Waals surface area contributed by atoms with Crippen LogP contribution < -0.4 is 10.1 Å². The number of alkyl halides is 2. The fourth-order valence-corrected chi connectivity index (χ4v) is 4.97. The van der Waals surface area contributed by atoms with Crippen LogP contribution in [0.2, 0.25) is 0 Å². The van der Waals surface area contributed by atoms with Crippen LogP contribution in [-0.2, 0) is 15.5 Å². The van der Waals surface area contributed by atoms with Gasteiger partial charge < -0.3 is 24.8 Å². The van der Waals surface area contributed by atoms with Crippen molar-refractivity contribution in [3.05, 3.63) is 58.9 Å². The SMILES string of the molecule is COCC(=O)N1CCC(c2cc3c(N[C@@H](C)c4cccc(C(F)(F)CO)c4)nc(C)nc3cc2OC)CC1. The predicted octanol–water partition coefficient (Wildman–Crippen LogP) is 4.56. The molecule has 204 valence electrons. The minimum atomic E-state index is -3.32. The molecule has 0 saturated carbocycles. The fraction of sp³-hybridized carbons (Fsp3) is 0.464. The number of rotatable bonds is 9. The first-order chi connectivity index (χ1) is 18.2. The van der Waals surface area contributed by atoms with Crippen LogP contribution in [-0.4, -0.2) is 66.4 Å². The molecule has 2 N–H and O–H groups in total. The summed E-state index contributed by atoms with van der Waals surface area (Å²) in [6.45, 7) is 3.76. The molecule has 1 saturated heterocycles. The maximum Gasteiger partial charge on any atom is 0.295 e. The molecular weight excluding hydrogens is 494 g/mol. The molecule has 4 rings (SSSR count). The standard InChI is InChI=1S/C28H34F2N4O4/c1-17(20-6-5-7-21(12-20)28(29,30)16-35)31-27-23-13-22(25(38-4)14-24(23)32-18(2)33-27)19-8-10-34(11-9-19)26(36)15-37-3/h5-7,12-14,17,19,35H,8-11,15-16H2,1-4H3,(H,31,32,33)/t17-/m0/s1. The Morgan fingerprint density at radius 2 is 1.95 bits per heavy atom. The van der Waals surface area contributed by atoms with E-state index in [1.165, 1.54) is 19.2 Å². The summed E-state index contributed by atoms with van der Waals surface area (Å²) in [6.07, 6.45) is 1.57. The van der Waals surface area contributed by atoms with Gasteiger partial charge in [0.1, 0.15) is 30.6 Å². The monoisotopic (exact) mass is 528 g/mol. The molecular formula is C28H34F2N4O4. The molecule has 1 atom stereocenters. The molecule has 1 aromatic heterocycles. The van der Waals surface area contributed by atoms with Gasteiger partial charge >= 0.3 is 0 Å². The third-order valence-electron chi connectivity index (χ3n) is 7.08. The number of halogens is 2. The lowest BCUT2D eigenvalue weighted by Crippen LogP contribution is -2.39. The van der Waals surface area contributed by atoms with Gasteiger partial charge in [-0.25, -0.2) is 9.97 Å². The van der Waals surface area contributed by atoms with Crippen molar-refractivity contribution < 1.29 is 28.2 Å². The quantitative estimate of drug-likeness (QED) is 0.420. The Morgan fingerprint density at radius 1 is 1.21 bits per heavy atom.